The normalized spacial score (nSPS) is 15.4. The monoisotopic (exact) mass is 410 g/mol. The van der Waals surface area contributed by atoms with E-state index in [0.717, 1.165) is 16.8 Å². The fourth-order valence-corrected chi connectivity index (χ4v) is 4.07. The van der Waals surface area contributed by atoms with Crippen molar-refractivity contribution >= 4 is 33.2 Å². The van der Waals surface area contributed by atoms with Crippen molar-refractivity contribution in [2.75, 3.05) is 11.9 Å². The van der Waals surface area contributed by atoms with Crippen LogP contribution in [0.5, 0.6) is 0 Å². The lowest BCUT2D eigenvalue weighted by Gasteiger charge is -2.17. The number of carbonyl (C=O) groups is 1. The Balaban J connectivity index is 1.68. The molecule has 1 aliphatic rings. The van der Waals surface area contributed by atoms with Gasteiger partial charge in [0.2, 0.25) is 5.84 Å². The smallest absolute Gasteiger partial charge is 0.287 e. The SMILES string of the molecule is C/C=C\N=C(C)c1ccccc1CCNC(=O)C1=NS(=O)(=O)c2ccccc2N1. The number of nitrogens with zero attached hydrogens (tertiary/aromatic N) is 2. The molecule has 0 saturated heterocycles. The molecule has 0 aliphatic carbocycles. The fourth-order valence-electron chi connectivity index (χ4n) is 2.95. The molecule has 1 heterocycles. The lowest BCUT2D eigenvalue weighted by Crippen LogP contribution is -2.39. The van der Waals surface area contributed by atoms with Crippen LogP contribution in [-0.2, 0) is 21.2 Å². The minimum atomic E-state index is -3.90. The molecule has 1 aliphatic heterocycles. The standard InChI is InChI=1S/C21H22N4O3S/c1-3-13-22-15(2)17-9-5-4-8-16(17)12-14-23-21(26)20-24-18-10-6-7-11-19(18)29(27,28)25-20/h3-11,13H,12,14H2,1-2H3,(H,23,26)(H,24,25)/b13-3-,22-15?. The van der Waals surface area contributed by atoms with Crippen LogP contribution in [0.1, 0.15) is 25.0 Å². The van der Waals surface area contributed by atoms with Gasteiger partial charge in [0.15, 0.2) is 0 Å². The predicted octanol–water partition coefficient (Wildman–Crippen LogP) is 2.90. The second-order valence-corrected chi connectivity index (χ2v) is 7.97. The molecule has 0 aromatic heterocycles. The Bertz CT molecular complexity index is 1120. The zero-order valence-electron chi connectivity index (χ0n) is 16.2. The van der Waals surface area contributed by atoms with E-state index in [9.17, 15) is 13.2 Å². The summed E-state index contributed by atoms with van der Waals surface area (Å²) in [4.78, 5) is 16.9. The molecule has 150 valence electrons. The number of anilines is 1. The third kappa shape index (κ3) is 4.78. The number of carbonyl (C=O) groups excluding carboxylic acids is 1. The molecule has 29 heavy (non-hydrogen) atoms. The number of para-hydroxylation sites is 1. The minimum absolute atomic E-state index is 0.0568. The van der Waals surface area contributed by atoms with Gasteiger partial charge < -0.3 is 10.6 Å². The van der Waals surface area contributed by atoms with Crippen LogP contribution in [0.15, 0.2) is 75.1 Å². The summed E-state index contributed by atoms with van der Waals surface area (Å²) in [5, 5.41) is 5.51. The van der Waals surface area contributed by atoms with Gasteiger partial charge >= 0.3 is 0 Å². The highest BCUT2D eigenvalue weighted by molar-refractivity contribution is 7.90. The summed E-state index contributed by atoms with van der Waals surface area (Å²) in [5.74, 6) is -0.803. The van der Waals surface area contributed by atoms with Gasteiger partial charge in [-0.3, -0.25) is 9.79 Å². The number of aliphatic imine (C=N–C) groups is 1. The van der Waals surface area contributed by atoms with Gasteiger partial charge in [-0.05, 0) is 43.5 Å². The van der Waals surface area contributed by atoms with Crippen molar-refractivity contribution in [3.63, 3.8) is 0 Å². The lowest BCUT2D eigenvalue weighted by atomic mass is 10.0. The number of benzene rings is 2. The van der Waals surface area contributed by atoms with Crippen molar-refractivity contribution < 1.29 is 13.2 Å². The van der Waals surface area contributed by atoms with E-state index in [-0.39, 0.29) is 10.7 Å². The minimum Gasteiger partial charge on any atom is -0.349 e. The van der Waals surface area contributed by atoms with E-state index in [4.69, 9.17) is 0 Å². The first-order valence-electron chi connectivity index (χ1n) is 9.15. The first-order valence-corrected chi connectivity index (χ1v) is 10.6. The Morgan fingerprint density at radius 1 is 1.17 bits per heavy atom. The zero-order chi connectivity index (χ0) is 20.9. The summed E-state index contributed by atoms with van der Waals surface area (Å²) in [6, 6.07) is 14.2. The van der Waals surface area contributed by atoms with E-state index >= 15 is 0 Å². The van der Waals surface area contributed by atoms with Crippen LogP contribution in [0.25, 0.3) is 0 Å². The molecule has 0 atom stereocenters. The maximum Gasteiger partial charge on any atom is 0.287 e. The van der Waals surface area contributed by atoms with Crippen LogP contribution in [0, 0.1) is 0 Å². The molecule has 1 amide bonds. The van der Waals surface area contributed by atoms with Crippen molar-refractivity contribution in [2.24, 2.45) is 9.39 Å². The van der Waals surface area contributed by atoms with Gasteiger partial charge in [-0.15, -0.1) is 4.40 Å². The zero-order valence-corrected chi connectivity index (χ0v) is 17.0. The molecule has 8 heteroatoms. The Morgan fingerprint density at radius 2 is 1.90 bits per heavy atom. The number of fused-ring (bicyclic) bond motifs is 1. The predicted molar refractivity (Wildman–Crippen MR) is 115 cm³/mol. The Labute approximate surface area is 170 Å². The van der Waals surface area contributed by atoms with Crippen LogP contribution in [0.3, 0.4) is 0 Å². The maximum absolute atomic E-state index is 12.4. The summed E-state index contributed by atoms with van der Waals surface area (Å²) in [5.41, 5.74) is 3.26. The number of amides is 1. The molecule has 2 aromatic carbocycles. The second kappa shape index (κ2) is 8.83. The Kier molecular flexibility index (Phi) is 6.23. The van der Waals surface area contributed by atoms with Crippen molar-refractivity contribution in [3.05, 3.63) is 71.9 Å². The van der Waals surface area contributed by atoms with Crippen molar-refractivity contribution in [1.82, 2.24) is 5.32 Å². The van der Waals surface area contributed by atoms with E-state index in [0.29, 0.717) is 18.7 Å². The highest BCUT2D eigenvalue weighted by Crippen LogP contribution is 2.26. The van der Waals surface area contributed by atoms with Crippen molar-refractivity contribution in [1.29, 1.82) is 0 Å². The first kappa shape index (κ1) is 20.5. The molecule has 3 rings (SSSR count). The van der Waals surface area contributed by atoms with Gasteiger partial charge in [-0.2, -0.15) is 8.42 Å². The molecule has 0 saturated carbocycles. The van der Waals surface area contributed by atoms with E-state index in [1.807, 2.05) is 44.2 Å². The van der Waals surface area contributed by atoms with Gasteiger partial charge in [-0.25, -0.2) is 0 Å². The molecule has 0 spiro atoms. The quantitative estimate of drug-likeness (QED) is 0.715. The van der Waals surface area contributed by atoms with Crippen LogP contribution in [0.2, 0.25) is 0 Å². The topological polar surface area (TPSA) is 100.0 Å². The third-order valence-electron chi connectivity index (χ3n) is 4.35. The highest BCUT2D eigenvalue weighted by Gasteiger charge is 2.27. The van der Waals surface area contributed by atoms with E-state index in [1.54, 1.807) is 24.4 Å². The number of allylic oxidation sites excluding steroid dienone is 1. The molecule has 0 fully saturated rings. The van der Waals surface area contributed by atoms with Gasteiger partial charge in [0.1, 0.15) is 4.90 Å². The Hall–Kier alpha value is -3.26. The molecule has 7 nitrogen and oxygen atoms in total. The largest absolute Gasteiger partial charge is 0.349 e. The molecule has 0 radical (unpaired) electrons. The summed E-state index contributed by atoms with van der Waals surface area (Å²) in [6.07, 6.45) is 4.16. The third-order valence-corrected chi connectivity index (χ3v) is 5.68. The molecule has 2 N–H and O–H groups in total. The fraction of sp³-hybridized carbons (Fsp3) is 0.190. The van der Waals surface area contributed by atoms with Crippen molar-refractivity contribution in [2.45, 2.75) is 25.2 Å². The molecule has 0 unspecified atom stereocenters. The molecular weight excluding hydrogens is 388 g/mol. The number of amidine groups is 1. The maximum atomic E-state index is 12.4. The Morgan fingerprint density at radius 3 is 2.69 bits per heavy atom. The average Bonchev–Trinajstić information content (AvgIpc) is 2.71. The van der Waals surface area contributed by atoms with Crippen LogP contribution >= 0.6 is 0 Å². The van der Waals surface area contributed by atoms with Crippen LogP contribution < -0.4 is 10.6 Å². The van der Waals surface area contributed by atoms with E-state index in [1.165, 1.54) is 6.07 Å². The molecule has 2 aromatic rings. The van der Waals surface area contributed by atoms with E-state index < -0.39 is 15.9 Å². The summed E-state index contributed by atoms with van der Waals surface area (Å²) >= 11 is 0. The highest BCUT2D eigenvalue weighted by atomic mass is 32.2. The van der Waals surface area contributed by atoms with Crippen LogP contribution in [0.4, 0.5) is 5.69 Å². The summed E-state index contributed by atoms with van der Waals surface area (Å²) < 4.78 is 28.1. The number of nitrogens with one attached hydrogen (secondary N) is 2. The van der Waals surface area contributed by atoms with Gasteiger partial charge in [0, 0.05) is 18.5 Å². The average molecular weight is 410 g/mol. The number of rotatable bonds is 6. The number of hydrogen-bond acceptors (Lipinski definition) is 5. The first-order chi connectivity index (χ1) is 13.9. The van der Waals surface area contributed by atoms with Gasteiger partial charge in [0.25, 0.3) is 15.9 Å². The summed E-state index contributed by atoms with van der Waals surface area (Å²) in [6.45, 7) is 4.16. The lowest BCUT2D eigenvalue weighted by molar-refractivity contribution is -0.114. The van der Waals surface area contributed by atoms with Gasteiger partial charge in [0.05, 0.1) is 5.69 Å². The van der Waals surface area contributed by atoms with Crippen molar-refractivity contribution in [3.8, 4) is 0 Å². The van der Waals surface area contributed by atoms with Gasteiger partial charge in [-0.1, -0.05) is 42.5 Å². The second-order valence-electron chi connectivity index (χ2n) is 6.40. The molecule has 0 bridgehead atoms. The molecular formula is C21H22N4O3S. The number of sulfonamides is 1. The van der Waals surface area contributed by atoms with Crippen LogP contribution in [-0.4, -0.2) is 32.4 Å². The summed E-state index contributed by atoms with van der Waals surface area (Å²) in [7, 11) is -3.90. The van der Waals surface area contributed by atoms with E-state index in [2.05, 4.69) is 20.0 Å². The number of hydrogen-bond donors (Lipinski definition) is 2.